The average Bonchev–Trinajstić information content (AvgIpc) is 1.86. The molecule has 0 N–H and O–H groups in total. The monoisotopic (exact) mass is 292 g/mol. The quantitative estimate of drug-likeness (QED) is 0.508. The third kappa shape index (κ3) is 22.5. The van der Waals surface area contributed by atoms with E-state index in [1.165, 1.54) is 0 Å². The molecule has 0 aromatic carbocycles. The highest BCUT2D eigenvalue weighted by atomic mass is 35.6. The molecule has 0 saturated heterocycles. The Hall–Kier alpha value is 1.08. The summed E-state index contributed by atoms with van der Waals surface area (Å²) in [6.45, 7) is 0. The van der Waals surface area contributed by atoms with Crippen LogP contribution in [0, 0.1) is 0 Å². The first-order chi connectivity index (χ1) is 5.12. The van der Waals surface area contributed by atoms with Gasteiger partial charge in [-0.3, -0.25) is 9.59 Å². The summed E-state index contributed by atoms with van der Waals surface area (Å²) >= 11 is 29.3. The summed E-state index contributed by atoms with van der Waals surface area (Å²) in [5.41, 5.74) is 0. The highest BCUT2D eigenvalue weighted by Gasteiger charge is 2.16. The van der Waals surface area contributed by atoms with E-state index in [2.05, 4.69) is 0 Å². The lowest BCUT2D eigenvalue weighted by Gasteiger charge is -1.93. The van der Waals surface area contributed by atoms with Gasteiger partial charge in [-0.25, -0.2) is 0 Å². The second-order valence-electron chi connectivity index (χ2n) is 1.32. The fourth-order valence-electron chi connectivity index (χ4n) is 0. The molecule has 8 heteroatoms. The normalized spacial score (nSPS) is 11.2. The summed E-state index contributed by atoms with van der Waals surface area (Å²) in [6, 6.07) is 0. The smallest absolute Gasteiger partial charge is 0.245 e. The fourth-order valence-corrected chi connectivity index (χ4v) is 0. The molecular formula is C4H2Cl6O2. The summed E-state index contributed by atoms with van der Waals surface area (Å²) in [5, 5.41) is 0. The number of carbonyl (C=O) groups excluding carboxylic acids is 2. The van der Waals surface area contributed by atoms with Gasteiger partial charge >= 0.3 is 0 Å². The van der Waals surface area contributed by atoms with Crippen molar-refractivity contribution in [1.82, 2.24) is 0 Å². The third-order valence-electron chi connectivity index (χ3n) is 0.267. The van der Waals surface area contributed by atoms with Crippen LogP contribution in [-0.2, 0) is 9.59 Å². The number of carbonyl (C=O) groups is 2. The van der Waals surface area contributed by atoms with Crippen molar-refractivity contribution < 1.29 is 9.59 Å². The van der Waals surface area contributed by atoms with Gasteiger partial charge < -0.3 is 0 Å². The zero-order chi connectivity index (χ0) is 10.4. The molecule has 0 saturated carbocycles. The number of rotatable bonds is 0. The van der Waals surface area contributed by atoms with E-state index in [0.29, 0.717) is 0 Å². The Morgan fingerprint density at radius 3 is 0.750 bits per heavy atom. The zero-order valence-corrected chi connectivity index (χ0v) is 9.77. The van der Waals surface area contributed by atoms with Gasteiger partial charge in [0.1, 0.15) is 0 Å². The second-order valence-corrected chi connectivity index (χ2v) is 6.06. The molecule has 72 valence electrons. The number of hydrogen-bond donors (Lipinski definition) is 0. The molecule has 0 heterocycles. The van der Waals surface area contributed by atoms with Gasteiger partial charge in [0.2, 0.25) is 7.59 Å². The van der Waals surface area contributed by atoms with Gasteiger partial charge in [-0.05, 0) is 0 Å². The van der Waals surface area contributed by atoms with E-state index in [1.807, 2.05) is 0 Å². The number of halogens is 6. The number of aldehydes is 2. The van der Waals surface area contributed by atoms with Crippen molar-refractivity contribution in [3.8, 4) is 0 Å². The molecule has 12 heavy (non-hydrogen) atoms. The van der Waals surface area contributed by atoms with E-state index in [9.17, 15) is 9.59 Å². The molecule has 2 nitrogen and oxygen atoms in total. The minimum absolute atomic E-state index is 0.234. The van der Waals surface area contributed by atoms with Gasteiger partial charge in [0, 0.05) is 0 Å². The SMILES string of the molecule is O=CC(Cl)(Cl)Cl.O=CC(Cl)(Cl)Cl. The average molecular weight is 295 g/mol. The second kappa shape index (κ2) is 6.52. The van der Waals surface area contributed by atoms with Gasteiger partial charge in [0.05, 0.1) is 0 Å². The largest absolute Gasteiger partial charge is 0.299 e. The predicted octanol–water partition coefficient (Wildman–Crippen LogP) is 3.11. The molecule has 0 bridgehead atoms. The van der Waals surface area contributed by atoms with Crippen molar-refractivity contribution in [3.63, 3.8) is 0 Å². The van der Waals surface area contributed by atoms with Crippen molar-refractivity contribution in [3.05, 3.63) is 0 Å². The van der Waals surface area contributed by atoms with Crippen LogP contribution in [0.4, 0.5) is 0 Å². The minimum Gasteiger partial charge on any atom is -0.299 e. The maximum Gasteiger partial charge on any atom is 0.245 e. The van der Waals surface area contributed by atoms with Crippen LogP contribution in [0.5, 0.6) is 0 Å². The van der Waals surface area contributed by atoms with E-state index >= 15 is 0 Å². The van der Waals surface area contributed by atoms with Crippen LogP contribution < -0.4 is 0 Å². The van der Waals surface area contributed by atoms with Crippen LogP contribution in [0.1, 0.15) is 0 Å². The summed E-state index contributed by atoms with van der Waals surface area (Å²) in [5.74, 6) is 0. The van der Waals surface area contributed by atoms with Crippen LogP contribution in [-0.4, -0.2) is 20.2 Å². The van der Waals surface area contributed by atoms with Crippen molar-refractivity contribution in [2.75, 3.05) is 0 Å². The Kier molecular flexibility index (Phi) is 8.45. The lowest BCUT2D eigenvalue weighted by atomic mass is 10.9. The molecule has 0 aromatic rings. The Balaban J connectivity index is 0. The molecule has 0 atom stereocenters. The maximum absolute atomic E-state index is 9.43. The van der Waals surface area contributed by atoms with E-state index in [1.54, 1.807) is 0 Å². The molecule has 0 aliphatic carbocycles. The molecular weight excluding hydrogens is 293 g/mol. The molecule has 0 fully saturated rings. The first kappa shape index (κ1) is 15.5. The Morgan fingerprint density at radius 1 is 0.667 bits per heavy atom. The minimum atomic E-state index is -1.72. The summed E-state index contributed by atoms with van der Waals surface area (Å²) in [7, 11) is 0. The van der Waals surface area contributed by atoms with Crippen molar-refractivity contribution in [2.45, 2.75) is 7.59 Å². The molecule has 0 aliphatic heterocycles. The summed E-state index contributed by atoms with van der Waals surface area (Å²) in [4.78, 5) is 18.9. The Labute approximate surface area is 99.0 Å². The Bertz CT molecular complexity index is 127. The van der Waals surface area contributed by atoms with Gasteiger partial charge in [0.25, 0.3) is 0 Å². The number of hydrogen-bond acceptors (Lipinski definition) is 2. The van der Waals surface area contributed by atoms with E-state index < -0.39 is 7.59 Å². The summed E-state index contributed by atoms with van der Waals surface area (Å²) < 4.78 is -3.44. The van der Waals surface area contributed by atoms with E-state index in [0.717, 1.165) is 0 Å². The first-order valence-corrected chi connectivity index (χ1v) is 4.45. The lowest BCUT2D eigenvalue weighted by Crippen LogP contribution is -2.00. The maximum atomic E-state index is 9.43. The molecule has 0 aliphatic rings. The van der Waals surface area contributed by atoms with E-state index in [4.69, 9.17) is 69.6 Å². The molecule has 0 spiro atoms. The van der Waals surface area contributed by atoms with Crippen molar-refractivity contribution in [1.29, 1.82) is 0 Å². The Morgan fingerprint density at radius 2 is 0.750 bits per heavy atom. The molecule has 0 radical (unpaired) electrons. The predicted molar refractivity (Wildman–Crippen MR) is 52.7 cm³/mol. The topological polar surface area (TPSA) is 34.1 Å². The van der Waals surface area contributed by atoms with Crippen molar-refractivity contribution >= 4 is 82.2 Å². The van der Waals surface area contributed by atoms with Gasteiger partial charge in [-0.2, -0.15) is 0 Å². The van der Waals surface area contributed by atoms with Crippen LogP contribution in [0.25, 0.3) is 0 Å². The number of alkyl halides is 6. The van der Waals surface area contributed by atoms with Crippen LogP contribution in [0.3, 0.4) is 0 Å². The summed E-state index contributed by atoms with van der Waals surface area (Å²) in [6.07, 6.45) is 0.468. The van der Waals surface area contributed by atoms with Gasteiger partial charge in [0.15, 0.2) is 12.6 Å². The van der Waals surface area contributed by atoms with Crippen LogP contribution >= 0.6 is 69.6 Å². The lowest BCUT2D eigenvalue weighted by molar-refractivity contribution is -0.107. The zero-order valence-electron chi connectivity index (χ0n) is 5.24. The molecule has 0 rings (SSSR count). The molecule has 0 amide bonds. The molecule has 0 unspecified atom stereocenters. The van der Waals surface area contributed by atoms with Crippen molar-refractivity contribution in [2.24, 2.45) is 0 Å². The van der Waals surface area contributed by atoms with Crippen LogP contribution in [0.2, 0.25) is 0 Å². The van der Waals surface area contributed by atoms with Gasteiger partial charge in [-0.1, -0.05) is 69.6 Å². The van der Waals surface area contributed by atoms with Crippen LogP contribution in [0.15, 0.2) is 0 Å². The van der Waals surface area contributed by atoms with Gasteiger partial charge in [-0.15, -0.1) is 0 Å². The fraction of sp³-hybridized carbons (Fsp3) is 0.500. The third-order valence-corrected chi connectivity index (χ3v) is 0.802. The highest BCUT2D eigenvalue weighted by Crippen LogP contribution is 2.22. The standard InChI is InChI=1S/2C2HCl3O/c2*3-2(4,5)1-6/h2*1H. The highest BCUT2D eigenvalue weighted by molar-refractivity contribution is 6.74. The van der Waals surface area contributed by atoms with E-state index in [-0.39, 0.29) is 12.6 Å². The molecule has 0 aromatic heterocycles. The first-order valence-electron chi connectivity index (χ1n) is 2.18.